The summed E-state index contributed by atoms with van der Waals surface area (Å²) < 4.78 is 1.21. The Kier molecular flexibility index (Phi) is 4.42. The van der Waals surface area contributed by atoms with Gasteiger partial charge in [0.1, 0.15) is 0 Å². The fourth-order valence-electron chi connectivity index (χ4n) is 1.92. The lowest BCUT2D eigenvalue weighted by Crippen LogP contribution is -2.21. The van der Waals surface area contributed by atoms with Gasteiger partial charge in [-0.1, -0.05) is 6.92 Å². The average Bonchev–Trinajstić information content (AvgIpc) is 2.82. The van der Waals surface area contributed by atoms with Gasteiger partial charge in [0.2, 0.25) is 0 Å². The fourth-order valence-corrected chi connectivity index (χ4v) is 4.64. The normalized spacial score (nSPS) is 12.9. The third kappa shape index (κ3) is 2.99. The van der Waals surface area contributed by atoms with Crippen molar-refractivity contribution in [1.29, 1.82) is 0 Å². The largest absolute Gasteiger partial charge is 0.306 e. The van der Waals surface area contributed by atoms with Crippen molar-refractivity contribution in [3.05, 3.63) is 42.2 Å². The van der Waals surface area contributed by atoms with E-state index < -0.39 is 0 Å². The summed E-state index contributed by atoms with van der Waals surface area (Å²) in [6, 6.07) is 7.00. The maximum atomic E-state index is 3.58. The molecule has 0 aliphatic rings. The molecule has 1 unspecified atom stereocenters. The van der Waals surface area contributed by atoms with Crippen molar-refractivity contribution in [3.8, 4) is 0 Å². The molecular weight excluding hydrogens is 314 g/mol. The molecule has 2 rings (SSSR count). The van der Waals surface area contributed by atoms with Gasteiger partial charge in [-0.25, -0.2) is 0 Å². The molecule has 0 aromatic carbocycles. The monoisotopic (exact) mass is 329 g/mol. The van der Waals surface area contributed by atoms with E-state index in [9.17, 15) is 0 Å². The van der Waals surface area contributed by atoms with Crippen molar-refractivity contribution in [2.24, 2.45) is 0 Å². The van der Waals surface area contributed by atoms with Crippen LogP contribution in [-0.2, 0) is 0 Å². The first-order valence-electron chi connectivity index (χ1n) is 5.67. The minimum atomic E-state index is 0.334. The fraction of sp³-hybridized carbons (Fsp3) is 0.385. The molecule has 1 N–H and O–H groups in total. The van der Waals surface area contributed by atoms with E-state index in [4.69, 9.17) is 0 Å². The highest BCUT2D eigenvalue weighted by Crippen LogP contribution is 2.35. The molecule has 1 nitrogen and oxygen atoms in total. The first kappa shape index (κ1) is 13.3. The van der Waals surface area contributed by atoms with Crippen LogP contribution < -0.4 is 5.32 Å². The molecule has 0 bridgehead atoms. The number of nitrogens with one attached hydrogen (secondary N) is 1. The summed E-state index contributed by atoms with van der Waals surface area (Å²) in [5, 5.41) is 3.58. The zero-order valence-electron chi connectivity index (χ0n) is 10.2. The smallest absolute Gasteiger partial charge is 0.0704 e. The maximum Gasteiger partial charge on any atom is 0.0704 e. The topological polar surface area (TPSA) is 12.0 Å². The molecule has 2 heterocycles. The molecule has 0 radical (unpaired) electrons. The van der Waals surface area contributed by atoms with Gasteiger partial charge in [0, 0.05) is 14.6 Å². The Balaban J connectivity index is 2.38. The minimum absolute atomic E-state index is 0.334. The molecule has 17 heavy (non-hydrogen) atoms. The Morgan fingerprint density at radius 3 is 2.53 bits per heavy atom. The molecule has 0 spiro atoms. The SMILES string of the molecule is CCNC(c1ccc(C)s1)c1cc(Br)sc1C. The van der Waals surface area contributed by atoms with E-state index in [2.05, 4.69) is 60.2 Å². The number of hydrogen-bond donors (Lipinski definition) is 1. The van der Waals surface area contributed by atoms with Crippen LogP contribution >= 0.6 is 38.6 Å². The molecule has 4 heteroatoms. The number of hydrogen-bond acceptors (Lipinski definition) is 3. The Morgan fingerprint density at radius 1 is 1.29 bits per heavy atom. The van der Waals surface area contributed by atoms with Crippen molar-refractivity contribution in [3.63, 3.8) is 0 Å². The lowest BCUT2D eigenvalue weighted by molar-refractivity contribution is 0.639. The van der Waals surface area contributed by atoms with Crippen molar-refractivity contribution in [2.45, 2.75) is 26.8 Å². The van der Waals surface area contributed by atoms with Crippen molar-refractivity contribution in [1.82, 2.24) is 5.32 Å². The van der Waals surface area contributed by atoms with Crippen LogP contribution in [-0.4, -0.2) is 6.54 Å². The van der Waals surface area contributed by atoms with Gasteiger partial charge in [-0.2, -0.15) is 0 Å². The van der Waals surface area contributed by atoms with Gasteiger partial charge in [0.25, 0.3) is 0 Å². The molecule has 1 atom stereocenters. The van der Waals surface area contributed by atoms with Gasteiger partial charge in [-0.15, -0.1) is 22.7 Å². The van der Waals surface area contributed by atoms with Crippen LogP contribution in [0.15, 0.2) is 22.0 Å². The van der Waals surface area contributed by atoms with E-state index in [1.165, 1.54) is 24.0 Å². The Hall–Kier alpha value is -0.160. The van der Waals surface area contributed by atoms with Crippen LogP contribution in [0.1, 0.15) is 33.2 Å². The zero-order chi connectivity index (χ0) is 12.4. The summed E-state index contributed by atoms with van der Waals surface area (Å²) in [4.78, 5) is 4.15. The van der Waals surface area contributed by atoms with Gasteiger partial charge in [0.15, 0.2) is 0 Å². The summed E-state index contributed by atoms with van der Waals surface area (Å²) in [6.45, 7) is 7.49. The molecular formula is C13H16BrNS2. The quantitative estimate of drug-likeness (QED) is 0.842. The highest BCUT2D eigenvalue weighted by atomic mass is 79.9. The predicted octanol–water partition coefficient (Wildman–Crippen LogP) is 4.89. The second kappa shape index (κ2) is 5.65. The maximum absolute atomic E-state index is 3.58. The van der Waals surface area contributed by atoms with Crippen LogP contribution in [0, 0.1) is 13.8 Å². The minimum Gasteiger partial charge on any atom is -0.306 e. The number of rotatable bonds is 4. The predicted molar refractivity (Wildman–Crippen MR) is 81.3 cm³/mol. The van der Waals surface area contributed by atoms with E-state index in [0.717, 1.165) is 6.54 Å². The molecule has 0 aliphatic heterocycles. The van der Waals surface area contributed by atoms with Crippen LogP contribution in [0.4, 0.5) is 0 Å². The Bertz CT molecular complexity index is 501. The van der Waals surface area contributed by atoms with E-state index in [1.807, 2.05) is 11.3 Å². The van der Waals surface area contributed by atoms with Gasteiger partial charge in [-0.05, 0) is 60.1 Å². The van der Waals surface area contributed by atoms with Crippen LogP contribution in [0.5, 0.6) is 0 Å². The van der Waals surface area contributed by atoms with Gasteiger partial charge in [-0.3, -0.25) is 0 Å². The molecule has 0 fully saturated rings. The zero-order valence-corrected chi connectivity index (χ0v) is 13.4. The summed E-state index contributed by atoms with van der Waals surface area (Å²) in [7, 11) is 0. The van der Waals surface area contributed by atoms with Gasteiger partial charge >= 0.3 is 0 Å². The van der Waals surface area contributed by atoms with Crippen molar-refractivity contribution >= 4 is 38.6 Å². The molecule has 0 saturated heterocycles. The first-order chi connectivity index (χ1) is 8.11. The summed E-state index contributed by atoms with van der Waals surface area (Å²) in [5.41, 5.74) is 1.39. The van der Waals surface area contributed by atoms with Crippen molar-refractivity contribution in [2.75, 3.05) is 6.54 Å². The molecule has 0 aliphatic carbocycles. The number of aryl methyl sites for hydroxylation is 2. The molecule has 0 amide bonds. The Labute approximate surface area is 119 Å². The second-order valence-electron chi connectivity index (χ2n) is 4.00. The standard InChI is InChI=1S/C13H16BrNS2/c1-4-15-13(11-6-5-8(2)16-11)10-7-12(14)17-9(10)3/h5-7,13,15H,4H2,1-3H3. The van der Waals surface area contributed by atoms with Crippen LogP contribution in [0.3, 0.4) is 0 Å². The van der Waals surface area contributed by atoms with Gasteiger partial charge in [0.05, 0.1) is 9.83 Å². The molecule has 92 valence electrons. The molecule has 2 aromatic rings. The summed E-state index contributed by atoms with van der Waals surface area (Å²) >= 11 is 7.26. The Morgan fingerprint density at radius 2 is 2.06 bits per heavy atom. The van der Waals surface area contributed by atoms with E-state index in [1.54, 1.807) is 11.3 Å². The average molecular weight is 330 g/mol. The van der Waals surface area contributed by atoms with Gasteiger partial charge < -0.3 is 5.32 Å². The number of thiophene rings is 2. The first-order valence-corrected chi connectivity index (χ1v) is 8.10. The second-order valence-corrected chi connectivity index (χ2v) is 7.96. The highest BCUT2D eigenvalue weighted by Gasteiger charge is 2.18. The lowest BCUT2D eigenvalue weighted by atomic mass is 10.1. The van der Waals surface area contributed by atoms with E-state index in [0.29, 0.717) is 6.04 Å². The summed E-state index contributed by atoms with van der Waals surface area (Å²) in [6.07, 6.45) is 0. The lowest BCUT2D eigenvalue weighted by Gasteiger charge is -2.16. The summed E-state index contributed by atoms with van der Waals surface area (Å²) in [5.74, 6) is 0. The molecule has 0 saturated carbocycles. The third-order valence-electron chi connectivity index (χ3n) is 2.69. The van der Waals surface area contributed by atoms with Crippen LogP contribution in [0.25, 0.3) is 0 Å². The van der Waals surface area contributed by atoms with Crippen LogP contribution in [0.2, 0.25) is 0 Å². The van der Waals surface area contributed by atoms with Crippen molar-refractivity contribution < 1.29 is 0 Å². The van der Waals surface area contributed by atoms with E-state index in [-0.39, 0.29) is 0 Å². The number of halogens is 1. The highest BCUT2D eigenvalue weighted by molar-refractivity contribution is 9.11. The molecule has 2 aromatic heterocycles. The third-order valence-corrected chi connectivity index (χ3v) is 5.33. The van der Waals surface area contributed by atoms with E-state index >= 15 is 0 Å².